The number of hydrogen-bond acceptors (Lipinski definition) is 3. The van der Waals surface area contributed by atoms with Gasteiger partial charge in [0.2, 0.25) is 5.91 Å². The van der Waals surface area contributed by atoms with Gasteiger partial charge in [-0.1, -0.05) is 12.1 Å². The van der Waals surface area contributed by atoms with Crippen LogP contribution in [0.25, 0.3) is 0 Å². The van der Waals surface area contributed by atoms with Crippen LogP contribution in [-0.2, 0) is 11.2 Å². The van der Waals surface area contributed by atoms with Crippen LogP contribution in [0, 0.1) is 0 Å². The summed E-state index contributed by atoms with van der Waals surface area (Å²) in [4.78, 5) is 17.1. The lowest BCUT2D eigenvalue weighted by atomic mass is 10.0. The average Bonchev–Trinajstić information content (AvgIpc) is 3.14. The molecule has 2 heterocycles. The molecule has 126 valence electrons. The molecule has 0 bridgehead atoms. The third-order valence-electron chi connectivity index (χ3n) is 5.24. The fraction of sp³-hybridized carbons (Fsp3) is 0.632. The number of rotatable bonds is 5. The minimum absolute atomic E-state index is 0.299. The number of aryl methyl sites for hydroxylation is 1. The molecule has 0 aromatic heterocycles. The van der Waals surface area contributed by atoms with Gasteiger partial charge in [0.15, 0.2) is 0 Å². The number of carbonyl (C=O) groups excluding carboxylic acids is 1. The first-order valence-electron chi connectivity index (χ1n) is 8.91. The van der Waals surface area contributed by atoms with E-state index in [2.05, 4.69) is 15.9 Å². The van der Waals surface area contributed by atoms with Gasteiger partial charge >= 0.3 is 0 Å². The van der Waals surface area contributed by atoms with Crippen LogP contribution in [0.2, 0.25) is 0 Å². The molecule has 0 unspecified atom stereocenters. The zero-order valence-corrected chi connectivity index (χ0v) is 14.2. The van der Waals surface area contributed by atoms with Gasteiger partial charge in [-0.25, -0.2) is 0 Å². The monoisotopic (exact) mass is 316 g/mol. The van der Waals surface area contributed by atoms with Gasteiger partial charge in [0.25, 0.3) is 0 Å². The maximum absolute atomic E-state index is 12.4. The van der Waals surface area contributed by atoms with Gasteiger partial charge in [-0.05, 0) is 62.9 Å². The molecule has 1 aromatic rings. The number of methoxy groups -OCH3 is 1. The Morgan fingerprint density at radius 3 is 2.61 bits per heavy atom. The van der Waals surface area contributed by atoms with Crippen molar-refractivity contribution in [3.8, 4) is 5.75 Å². The Bertz CT molecular complexity index is 518. The fourth-order valence-electron chi connectivity index (χ4n) is 3.82. The Labute approximate surface area is 139 Å². The molecule has 3 rings (SSSR count). The van der Waals surface area contributed by atoms with Crippen LogP contribution in [-0.4, -0.2) is 55.0 Å². The van der Waals surface area contributed by atoms with Crippen molar-refractivity contribution in [2.24, 2.45) is 0 Å². The van der Waals surface area contributed by atoms with E-state index in [0.717, 1.165) is 38.1 Å². The van der Waals surface area contributed by atoms with Crippen LogP contribution in [0.1, 0.15) is 37.7 Å². The summed E-state index contributed by atoms with van der Waals surface area (Å²) >= 11 is 0. The Morgan fingerprint density at radius 1 is 1.17 bits per heavy atom. The van der Waals surface area contributed by atoms with Gasteiger partial charge in [-0.15, -0.1) is 0 Å². The second-order valence-corrected chi connectivity index (χ2v) is 6.71. The van der Waals surface area contributed by atoms with Crippen molar-refractivity contribution in [3.05, 3.63) is 29.8 Å². The standard InChI is InChI=1S/C19H28N2O2/c1-23-18-6-4-5-16(15-18)7-8-19(22)21-13-9-17(10-14-21)20-11-2-3-12-20/h4-6,15,17H,2-3,7-14H2,1H3. The Hall–Kier alpha value is -1.55. The van der Waals surface area contributed by atoms with Crippen molar-refractivity contribution in [1.82, 2.24) is 9.80 Å². The van der Waals surface area contributed by atoms with Gasteiger partial charge in [0.1, 0.15) is 5.75 Å². The molecular formula is C19H28N2O2. The van der Waals surface area contributed by atoms with E-state index in [-0.39, 0.29) is 0 Å². The second kappa shape index (κ2) is 7.82. The first kappa shape index (κ1) is 16.3. The van der Waals surface area contributed by atoms with E-state index in [9.17, 15) is 4.79 Å². The molecule has 4 heteroatoms. The number of nitrogens with zero attached hydrogens (tertiary/aromatic N) is 2. The smallest absolute Gasteiger partial charge is 0.222 e. The zero-order valence-electron chi connectivity index (χ0n) is 14.2. The van der Waals surface area contributed by atoms with Crippen molar-refractivity contribution in [3.63, 3.8) is 0 Å². The van der Waals surface area contributed by atoms with E-state index in [1.807, 2.05) is 18.2 Å². The van der Waals surface area contributed by atoms with Crippen LogP contribution in [0.3, 0.4) is 0 Å². The molecule has 1 amide bonds. The van der Waals surface area contributed by atoms with Gasteiger partial charge in [0.05, 0.1) is 7.11 Å². The Balaban J connectivity index is 1.44. The molecule has 23 heavy (non-hydrogen) atoms. The highest BCUT2D eigenvalue weighted by Crippen LogP contribution is 2.22. The fourth-order valence-corrected chi connectivity index (χ4v) is 3.82. The second-order valence-electron chi connectivity index (χ2n) is 6.71. The number of likely N-dealkylation sites (tertiary alicyclic amines) is 2. The molecule has 0 aliphatic carbocycles. The summed E-state index contributed by atoms with van der Waals surface area (Å²) in [5.41, 5.74) is 1.17. The maximum atomic E-state index is 12.4. The largest absolute Gasteiger partial charge is 0.497 e. The molecule has 2 aliphatic rings. The number of carbonyl (C=O) groups is 1. The lowest BCUT2D eigenvalue weighted by molar-refractivity contribution is -0.132. The van der Waals surface area contributed by atoms with Crippen molar-refractivity contribution in [1.29, 1.82) is 0 Å². The summed E-state index contributed by atoms with van der Waals surface area (Å²) in [5, 5.41) is 0. The van der Waals surface area contributed by atoms with Crippen LogP contribution < -0.4 is 4.74 Å². The minimum atomic E-state index is 0.299. The predicted octanol–water partition coefficient (Wildman–Crippen LogP) is 2.71. The molecule has 0 N–H and O–H groups in total. The molecule has 0 spiro atoms. The summed E-state index contributed by atoms with van der Waals surface area (Å²) in [5.74, 6) is 1.16. The molecule has 0 atom stereocenters. The molecule has 0 radical (unpaired) electrons. The van der Waals surface area contributed by atoms with Gasteiger partial charge in [0, 0.05) is 25.6 Å². The normalized spacial score (nSPS) is 20.0. The quantitative estimate of drug-likeness (QED) is 0.837. The van der Waals surface area contributed by atoms with Gasteiger partial charge in [-0.2, -0.15) is 0 Å². The van der Waals surface area contributed by atoms with E-state index in [1.54, 1.807) is 7.11 Å². The van der Waals surface area contributed by atoms with Gasteiger partial charge in [-0.3, -0.25) is 4.79 Å². The van der Waals surface area contributed by atoms with E-state index >= 15 is 0 Å². The maximum Gasteiger partial charge on any atom is 0.222 e. The summed E-state index contributed by atoms with van der Waals surface area (Å²) < 4.78 is 5.24. The molecular weight excluding hydrogens is 288 g/mol. The van der Waals surface area contributed by atoms with Crippen LogP contribution in [0.5, 0.6) is 5.75 Å². The van der Waals surface area contributed by atoms with E-state index in [1.165, 1.54) is 31.5 Å². The number of hydrogen-bond donors (Lipinski definition) is 0. The van der Waals surface area contributed by atoms with E-state index in [0.29, 0.717) is 18.4 Å². The van der Waals surface area contributed by atoms with Crippen molar-refractivity contribution >= 4 is 5.91 Å². The number of ether oxygens (including phenoxy) is 1. The third kappa shape index (κ3) is 4.25. The van der Waals surface area contributed by atoms with Crippen LogP contribution >= 0.6 is 0 Å². The molecule has 1 aromatic carbocycles. The molecule has 2 saturated heterocycles. The molecule has 4 nitrogen and oxygen atoms in total. The van der Waals surface area contributed by atoms with E-state index < -0.39 is 0 Å². The molecule has 0 saturated carbocycles. The molecule has 2 fully saturated rings. The first-order chi connectivity index (χ1) is 11.3. The summed E-state index contributed by atoms with van der Waals surface area (Å²) in [7, 11) is 1.68. The van der Waals surface area contributed by atoms with Crippen molar-refractivity contribution in [2.75, 3.05) is 33.3 Å². The zero-order chi connectivity index (χ0) is 16.1. The highest BCUT2D eigenvalue weighted by molar-refractivity contribution is 5.76. The topological polar surface area (TPSA) is 32.8 Å². The van der Waals surface area contributed by atoms with Crippen molar-refractivity contribution < 1.29 is 9.53 Å². The summed E-state index contributed by atoms with van der Waals surface area (Å²) in [6, 6.07) is 8.72. The Morgan fingerprint density at radius 2 is 1.91 bits per heavy atom. The van der Waals surface area contributed by atoms with Crippen LogP contribution in [0.15, 0.2) is 24.3 Å². The number of amides is 1. The third-order valence-corrected chi connectivity index (χ3v) is 5.24. The lowest BCUT2D eigenvalue weighted by Crippen LogP contribution is -2.45. The summed E-state index contributed by atoms with van der Waals surface area (Å²) in [6.45, 7) is 4.37. The first-order valence-corrected chi connectivity index (χ1v) is 8.91. The SMILES string of the molecule is COc1cccc(CCC(=O)N2CCC(N3CCCC3)CC2)c1. The summed E-state index contributed by atoms with van der Waals surface area (Å²) in [6.07, 6.45) is 6.37. The predicted molar refractivity (Wildman–Crippen MR) is 91.7 cm³/mol. The van der Waals surface area contributed by atoms with E-state index in [4.69, 9.17) is 4.74 Å². The highest BCUT2D eigenvalue weighted by atomic mass is 16.5. The van der Waals surface area contributed by atoms with Crippen LogP contribution in [0.4, 0.5) is 0 Å². The Kier molecular flexibility index (Phi) is 5.55. The minimum Gasteiger partial charge on any atom is -0.497 e. The molecule has 2 aliphatic heterocycles. The average molecular weight is 316 g/mol. The highest BCUT2D eigenvalue weighted by Gasteiger charge is 2.27. The van der Waals surface area contributed by atoms with Gasteiger partial charge < -0.3 is 14.5 Å². The van der Waals surface area contributed by atoms with Crippen molar-refractivity contribution in [2.45, 2.75) is 44.6 Å². The number of piperidine rings is 1. The lowest BCUT2D eigenvalue weighted by Gasteiger charge is -2.36. The number of benzene rings is 1.